The lowest BCUT2D eigenvalue weighted by Gasteiger charge is -2.21. The van der Waals surface area contributed by atoms with E-state index in [-0.39, 0.29) is 6.04 Å². The van der Waals surface area contributed by atoms with Crippen molar-refractivity contribution in [3.05, 3.63) is 59.3 Å². The Morgan fingerprint density at radius 3 is 2.39 bits per heavy atom. The fourth-order valence-corrected chi connectivity index (χ4v) is 2.51. The van der Waals surface area contributed by atoms with Crippen LogP contribution in [0.5, 0.6) is 0 Å². The van der Waals surface area contributed by atoms with Crippen molar-refractivity contribution in [2.24, 2.45) is 5.73 Å². The average molecular weight is 239 g/mol. The van der Waals surface area contributed by atoms with Crippen molar-refractivity contribution in [1.82, 2.24) is 4.98 Å². The SMILES string of the molecule is C[C@@H](N)c1cccnc1N1Cc2ccccc2C1. The number of hydrogen-bond acceptors (Lipinski definition) is 3. The summed E-state index contributed by atoms with van der Waals surface area (Å²) in [5.74, 6) is 1.02. The van der Waals surface area contributed by atoms with Crippen LogP contribution in [0.4, 0.5) is 5.82 Å². The smallest absolute Gasteiger partial charge is 0.133 e. The standard InChI is InChI=1S/C15H17N3/c1-11(16)14-7-4-8-17-15(14)18-9-12-5-2-3-6-13(12)10-18/h2-8,11H,9-10,16H2,1H3/t11-/m1/s1. The summed E-state index contributed by atoms with van der Waals surface area (Å²) in [6.07, 6.45) is 1.84. The van der Waals surface area contributed by atoms with E-state index in [2.05, 4.69) is 40.2 Å². The molecule has 0 aliphatic carbocycles. The molecule has 0 bridgehead atoms. The van der Waals surface area contributed by atoms with Crippen LogP contribution in [-0.2, 0) is 13.1 Å². The van der Waals surface area contributed by atoms with Gasteiger partial charge in [0.2, 0.25) is 0 Å². The van der Waals surface area contributed by atoms with Gasteiger partial charge in [0.25, 0.3) is 0 Å². The van der Waals surface area contributed by atoms with Gasteiger partial charge in [-0.2, -0.15) is 0 Å². The first-order valence-corrected chi connectivity index (χ1v) is 6.28. The molecule has 3 rings (SSSR count). The first kappa shape index (κ1) is 11.2. The van der Waals surface area contributed by atoms with Crippen molar-refractivity contribution >= 4 is 5.82 Å². The van der Waals surface area contributed by atoms with Crippen LogP contribution in [-0.4, -0.2) is 4.98 Å². The van der Waals surface area contributed by atoms with Crippen LogP contribution in [0.25, 0.3) is 0 Å². The summed E-state index contributed by atoms with van der Waals surface area (Å²) >= 11 is 0. The summed E-state index contributed by atoms with van der Waals surface area (Å²) in [5, 5.41) is 0. The third-order valence-electron chi connectivity index (χ3n) is 3.45. The predicted molar refractivity (Wildman–Crippen MR) is 73.2 cm³/mol. The fourth-order valence-electron chi connectivity index (χ4n) is 2.51. The van der Waals surface area contributed by atoms with Gasteiger partial charge >= 0.3 is 0 Å². The highest BCUT2D eigenvalue weighted by molar-refractivity contribution is 5.52. The number of rotatable bonds is 2. The normalized spacial score (nSPS) is 15.6. The topological polar surface area (TPSA) is 42.1 Å². The largest absolute Gasteiger partial charge is 0.348 e. The molecule has 0 unspecified atom stereocenters. The Morgan fingerprint density at radius 2 is 1.78 bits per heavy atom. The predicted octanol–water partition coefficient (Wildman–Crippen LogP) is 2.62. The molecular weight excluding hydrogens is 222 g/mol. The molecule has 0 radical (unpaired) electrons. The van der Waals surface area contributed by atoms with Crippen LogP contribution in [0.2, 0.25) is 0 Å². The van der Waals surface area contributed by atoms with Gasteiger partial charge in [0.1, 0.15) is 5.82 Å². The Balaban J connectivity index is 1.95. The highest BCUT2D eigenvalue weighted by Crippen LogP contribution is 2.30. The third-order valence-corrected chi connectivity index (χ3v) is 3.45. The molecule has 92 valence electrons. The van der Waals surface area contributed by atoms with Crippen molar-refractivity contribution < 1.29 is 0 Å². The summed E-state index contributed by atoms with van der Waals surface area (Å²) < 4.78 is 0. The van der Waals surface area contributed by atoms with E-state index >= 15 is 0 Å². The van der Waals surface area contributed by atoms with Crippen molar-refractivity contribution in [2.45, 2.75) is 26.1 Å². The molecule has 2 heterocycles. The van der Waals surface area contributed by atoms with Gasteiger partial charge in [-0.15, -0.1) is 0 Å². The third kappa shape index (κ3) is 1.87. The maximum absolute atomic E-state index is 6.02. The molecule has 0 fully saturated rings. The molecule has 0 saturated heterocycles. The van der Waals surface area contributed by atoms with Gasteiger partial charge in [0.15, 0.2) is 0 Å². The Kier molecular flexibility index (Phi) is 2.76. The number of benzene rings is 1. The van der Waals surface area contributed by atoms with Gasteiger partial charge in [-0.1, -0.05) is 30.3 Å². The van der Waals surface area contributed by atoms with E-state index < -0.39 is 0 Å². The fraction of sp³-hybridized carbons (Fsp3) is 0.267. The van der Waals surface area contributed by atoms with Crippen molar-refractivity contribution in [2.75, 3.05) is 4.90 Å². The molecule has 2 N–H and O–H groups in total. The summed E-state index contributed by atoms with van der Waals surface area (Å²) in [6, 6.07) is 12.6. The minimum absolute atomic E-state index is 0.0115. The van der Waals surface area contributed by atoms with E-state index in [1.165, 1.54) is 11.1 Å². The summed E-state index contributed by atoms with van der Waals surface area (Å²) in [6.45, 7) is 3.85. The molecule has 0 amide bonds. The number of nitrogens with zero attached hydrogens (tertiary/aromatic N) is 2. The van der Waals surface area contributed by atoms with Crippen LogP contribution < -0.4 is 10.6 Å². The van der Waals surface area contributed by atoms with Crippen LogP contribution in [0, 0.1) is 0 Å². The van der Waals surface area contributed by atoms with Crippen LogP contribution in [0.1, 0.15) is 29.7 Å². The maximum Gasteiger partial charge on any atom is 0.133 e. The van der Waals surface area contributed by atoms with Crippen molar-refractivity contribution in [3.8, 4) is 0 Å². The van der Waals surface area contributed by atoms with Crippen molar-refractivity contribution in [1.29, 1.82) is 0 Å². The summed E-state index contributed by atoms with van der Waals surface area (Å²) in [7, 11) is 0. The lowest BCUT2D eigenvalue weighted by molar-refractivity contribution is 0.776. The Labute approximate surface area is 107 Å². The lowest BCUT2D eigenvalue weighted by atomic mass is 10.1. The van der Waals surface area contributed by atoms with E-state index in [1.54, 1.807) is 0 Å². The number of nitrogens with two attached hydrogens (primary N) is 1. The van der Waals surface area contributed by atoms with Gasteiger partial charge < -0.3 is 10.6 Å². The molecule has 1 aliphatic rings. The van der Waals surface area contributed by atoms with Crippen LogP contribution >= 0.6 is 0 Å². The van der Waals surface area contributed by atoms with Gasteiger partial charge in [0, 0.05) is 30.9 Å². The second kappa shape index (κ2) is 4.42. The Bertz CT molecular complexity index is 538. The minimum Gasteiger partial charge on any atom is -0.348 e. The average Bonchev–Trinajstić information content (AvgIpc) is 2.82. The zero-order valence-corrected chi connectivity index (χ0v) is 10.5. The van der Waals surface area contributed by atoms with E-state index in [1.807, 2.05) is 19.2 Å². The molecule has 3 heteroatoms. The molecule has 1 atom stereocenters. The molecule has 18 heavy (non-hydrogen) atoms. The zero-order chi connectivity index (χ0) is 12.5. The number of pyridine rings is 1. The molecule has 0 saturated carbocycles. The first-order chi connectivity index (χ1) is 8.75. The Morgan fingerprint density at radius 1 is 1.11 bits per heavy atom. The van der Waals surface area contributed by atoms with E-state index in [0.717, 1.165) is 24.5 Å². The second-order valence-electron chi connectivity index (χ2n) is 4.83. The summed E-state index contributed by atoms with van der Waals surface area (Å²) in [5.41, 5.74) is 9.91. The van der Waals surface area contributed by atoms with Crippen molar-refractivity contribution in [3.63, 3.8) is 0 Å². The molecule has 1 aromatic carbocycles. The monoisotopic (exact) mass is 239 g/mol. The van der Waals surface area contributed by atoms with E-state index in [9.17, 15) is 0 Å². The molecule has 2 aromatic rings. The number of fused-ring (bicyclic) bond motifs is 1. The molecule has 1 aromatic heterocycles. The van der Waals surface area contributed by atoms with E-state index in [0.29, 0.717) is 0 Å². The lowest BCUT2D eigenvalue weighted by Crippen LogP contribution is -2.20. The molecule has 1 aliphatic heterocycles. The van der Waals surface area contributed by atoms with Gasteiger partial charge in [-0.3, -0.25) is 0 Å². The molecule has 0 spiro atoms. The van der Waals surface area contributed by atoms with Gasteiger partial charge in [-0.05, 0) is 24.1 Å². The first-order valence-electron chi connectivity index (χ1n) is 6.28. The quantitative estimate of drug-likeness (QED) is 0.876. The second-order valence-corrected chi connectivity index (χ2v) is 4.83. The number of anilines is 1. The highest BCUT2D eigenvalue weighted by atomic mass is 15.2. The minimum atomic E-state index is 0.0115. The maximum atomic E-state index is 6.02. The zero-order valence-electron chi connectivity index (χ0n) is 10.5. The van der Waals surface area contributed by atoms with Crippen LogP contribution in [0.15, 0.2) is 42.6 Å². The van der Waals surface area contributed by atoms with Gasteiger partial charge in [0.05, 0.1) is 0 Å². The highest BCUT2D eigenvalue weighted by Gasteiger charge is 2.22. The summed E-state index contributed by atoms with van der Waals surface area (Å²) in [4.78, 5) is 6.81. The molecule has 3 nitrogen and oxygen atoms in total. The van der Waals surface area contributed by atoms with Crippen LogP contribution in [0.3, 0.4) is 0 Å². The Hall–Kier alpha value is -1.87. The van der Waals surface area contributed by atoms with E-state index in [4.69, 9.17) is 5.73 Å². The van der Waals surface area contributed by atoms with Gasteiger partial charge in [-0.25, -0.2) is 4.98 Å². The molecular formula is C15H17N3. The number of hydrogen-bond donors (Lipinski definition) is 1. The number of aromatic nitrogens is 1.